The molecule has 0 saturated heterocycles. The molecule has 0 aromatic heterocycles. The lowest BCUT2D eigenvalue weighted by atomic mass is 10.1. The number of halogens is 2. The number of rotatable bonds is 7. The van der Waals surface area contributed by atoms with Gasteiger partial charge in [0, 0.05) is 5.56 Å². The van der Waals surface area contributed by atoms with Gasteiger partial charge in [0.05, 0.1) is 11.3 Å². The van der Waals surface area contributed by atoms with Crippen LogP contribution in [0.2, 0.25) is 0 Å². The van der Waals surface area contributed by atoms with Gasteiger partial charge in [0.1, 0.15) is 17.6 Å². The van der Waals surface area contributed by atoms with E-state index in [0.717, 1.165) is 0 Å². The highest BCUT2D eigenvalue weighted by atomic mass is 19.3. The number of hydrogen-bond donors (Lipinski definition) is 1. The first kappa shape index (κ1) is 18.9. The van der Waals surface area contributed by atoms with Crippen LogP contribution >= 0.6 is 0 Å². The van der Waals surface area contributed by atoms with Crippen LogP contribution in [0.4, 0.5) is 8.78 Å². The number of benzene rings is 2. The molecule has 6 nitrogen and oxygen atoms in total. The van der Waals surface area contributed by atoms with Crippen LogP contribution in [0, 0.1) is 11.3 Å². The van der Waals surface area contributed by atoms with Crippen LogP contribution in [0.3, 0.4) is 0 Å². The summed E-state index contributed by atoms with van der Waals surface area (Å²) >= 11 is 0. The number of nitrogens with zero attached hydrogens (tertiary/aromatic N) is 2. The number of ether oxygens (including phenoxy) is 2. The third-order valence-corrected chi connectivity index (χ3v) is 3.21. The molecule has 0 bridgehead atoms. The van der Waals surface area contributed by atoms with Crippen LogP contribution in [-0.2, 0) is 4.79 Å². The summed E-state index contributed by atoms with van der Waals surface area (Å²) in [6, 6.07) is 14.5. The van der Waals surface area contributed by atoms with Crippen molar-refractivity contribution in [3.8, 4) is 17.6 Å². The molecule has 0 spiro atoms. The highest BCUT2D eigenvalue weighted by Crippen LogP contribution is 2.21. The molecule has 0 heterocycles. The number of nitriles is 1. The lowest BCUT2D eigenvalue weighted by molar-refractivity contribution is -0.123. The Bertz CT molecular complexity index is 848. The van der Waals surface area contributed by atoms with Gasteiger partial charge in [-0.1, -0.05) is 24.3 Å². The average Bonchev–Trinajstić information content (AvgIpc) is 2.64. The van der Waals surface area contributed by atoms with E-state index in [4.69, 9.17) is 10.00 Å². The highest BCUT2D eigenvalue weighted by molar-refractivity contribution is 6.01. The van der Waals surface area contributed by atoms with Gasteiger partial charge in [0.2, 0.25) is 0 Å². The van der Waals surface area contributed by atoms with Crippen LogP contribution in [0.5, 0.6) is 11.5 Å². The quantitative estimate of drug-likeness (QED) is 0.608. The van der Waals surface area contributed by atoms with Crippen molar-refractivity contribution >= 4 is 11.6 Å². The molecule has 2 rings (SSSR count). The Morgan fingerprint density at radius 1 is 1.19 bits per heavy atom. The predicted molar refractivity (Wildman–Crippen MR) is 90.1 cm³/mol. The van der Waals surface area contributed by atoms with Gasteiger partial charge in [0.25, 0.3) is 5.91 Å². The van der Waals surface area contributed by atoms with Gasteiger partial charge >= 0.3 is 6.61 Å². The smallest absolute Gasteiger partial charge is 0.387 e. The van der Waals surface area contributed by atoms with Gasteiger partial charge < -0.3 is 9.47 Å². The molecule has 0 aliphatic heterocycles. The van der Waals surface area contributed by atoms with Crippen molar-refractivity contribution in [1.82, 2.24) is 5.43 Å². The van der Waals surface area contributed by atoms with Crippen molar-refractivity contribution < 1.29 is 23.0 Å². The minimum Gasteiger partial charge on any atom is -0.482 e. The molecule has 0 fully saturated rings. The largest absolute Gasteiger partial charge is 0.482 e. The molecule has 0 saturated carbocycles. The molecular weight excluding hydrogens is 344 g/mol. The number of carbonyl (C=O) groups excluding carboxylic acids is 1. The predicted octanol–water partition coefficient (Wildman–Crippen LogP) is 3.08. The molecule has 0 aliphatic carbocycles. The van der Waals surface area contributed by atoms with E-state index in [0.29, 0.717) is 11.1 Å². The van der Waals surface area contributed by atoms with Gasteiger partial charge in [-0.05, 0) is 31.2 Å². The average molecular weight is 359 g/mol. The number of hydrogen-bond acceptors (Lipinski definition) is 5. The van der Waals surface area contributed by atoms with Gasteiger partial charge in [0.15, 0.2) is 6.61 Å². The number of alkyl halides is 2. The zero-order chi connectivity index (χ0) is 18.9. The SMILES string of the molecule is C/C(=N/NC(=O)COc1ccccc1C#N)c1ccccc1OC(F)F. The van der Waals surface area contributed by atoms with Crippen molar-refractivity contribution in [3.05, 3.63) is 59.7 Å². The molecule has 0 aliphatic rings. The van der Waals surface area contributed by atoms with E-state index in [9.17, 15) is 13.6 Å². The summed E-state index contributed by atoms with van der Waals surface area (Å²) < 4.78 is 34.6. The lowest BCUT2D eigenvalue weighted by Gasteiger charge is -2.10. The standard InChI is InChI=1S/C18H15F2N3O3/c1-12(14-7-3-5-9-16(14)26-18(19)20)22-23-17(24)11-25-15-8-4-2-6-13(15)10-21/h2-9,18H,11H2,1H3,(H,23,24)/b22-12-. The topological polar surface area (TPSA) is 83.7 Å². The third kappa shape index (κ3) is 5.27. The molecule has 2 aromatic carbocycles. The molecule has 1 N–H and O–H groups in total. The fourth-order valence-corrected chi connectivity index (χ4v) is 2.03. The zero-order valence-corrected chi connectivity index (χ0v) is 13.8. The summed E-state index contributed by atoms with van der Waals surface area (Å²) in [4.78, 5) is 11.8. The van der Waals surface area contributed by atoms with Crippen LogP contribution in [0.15, 0.2) is 53.6 Å². The van der Waals surface area contributed by atoms with Gasteiger partial charge in [-0.2, -0.15) is 19.1 Å². The van der Waals surface area contributed by atoms with Gasteiger partial charge in [-0.3, -0.25) is 4.79 Å². The maximum absolute atomic E-state index is 12.4. The second kappa shape index (κ2) is 9.13. The Morgan fingerprint density at radius 3 is 2.54 bits per heavy atom. The molecule has 134 valence electrons. The Hall–Kier alpha value is -3.47. The van der Waals surface area contributed by atoms with E-state index in [1.165, 1.54) is 6.07 Å². The summed E-state index contributed by atoms with van der Waals surface area (Å²) in [6.45, 7) is -1.78. The van der Waals surface area contributed by atoms with Crippen molar-refractivity contribution in [3.63, 3.8) is 0 Å². The van der Waals surface area contributed by atoms with Crippen molar-refractivity contribution in [1.29, 1.82) is 5.26 Å². The number of amides is 1. The summed E-state index contributed by atoms with van der Waals surface area (Å²) in [7, 11) is 0. The second-order valence-corrected chi connectivity index (χ2v) is 5.00. The highest BCUT2D eigenvalue weighted by Gasteiger charge is 2.12. The van der Waals surface area contributed by atoms with Crippen molar-refractivity contribution in [2.45, 2.75) is 13.5 Å². The zero-order valence-electron chi connectivity index (χ0n) is 13.8. The monoisotopic (exact) mass is 359 g/mol. The van der Waals surface area contributed by atoms with E-state index in [1.54, 1.807) is 49.4 Å². The summed E-state index contributed by atoms with van der Waals surface area (Å²) in [5, 5.41) is 12.8. The molecular formula is C18H15F2N3O3. The maximum Gasteiger partial charge on any atom is 0.387 e. The van der Waals surface area contributed by atoms with Crippen molar-refractivity contribution in [2.75, 3.05) is 6.61 Å². The molecule has 2 aromatic rings. The Balaban J connectivity index is 1.99. The molecule has 0 radical (unpaired) electrons. The second-order valence-electron chi connectivity index (χ2n) is 5.00. The molecule has 26 heavy (non-hydrogen) atoms. The number of carbonyl (C=O) groups is 1. The van der Waals surface area contributed by atoms with Crippen LogP contribution < -0.4 is 14.9 Å². The summed E-state index contributed by atoms with van der Waals surface area (Å²) in [6.07, 6.45) is 0. The van der Waals surface area contributed by atoms with Crippen molar-refractivity contribution in [2.24, 2.45) is 5.10 Å². The Kier molecular flexibility index (Phi) is 6.62. The summed E-state index contributed by atoms with van der Waals surface area (Å²) in [5.74, 6) is -0.330. The Labute approximate surface area is 148 Å². The van der Waals surface area contributed by atoms with Crippen LogP contribution in [0.1, 0.15) is 18.1 Å². The molecule has 8 heteroatoms. The fourth-order valence-electron chi connectivity index (χ4n) is 2.03. The third-order valence-electron chi connectivity index (χ3n) is 3.21. The minimum atomic E-state index is -2.97. The van der Waals surface area contributed by atoms with E-state index < -0.39 is 12.5 Å². The molecule has 0 atom stereocenters. The molecule has 1 amide bonds. The number of hydrazone groups is 1. The number of para-hydroxylation sites is 2. The van der Waals surface area contributed by atoms with Crippen LogP contribution in [0.25, 0.3) is 0 Å². The Morgan fingerprint density at radius 2 is 1.85 bits per heavy atom. The lowest BCUT2D eigenvalue weighted by Crippen LogP contribution is -2.26. The van der Waals surface area contributed by atoms with Gasteiger partial charge in [-0.25, -0.2) is 5.43 Å². The van der Waals surface area contributed by atoms with E-state index in [-0.39, 0.29) is 23.8 Å². The number of nitrogens with one attached hydrogen (secondary N) is 1. The van der Waals surface area contributed by atoms with E-state index in [1.807, 2.05) is 6.07 Å². The maximum atomic E-state index is 12.4. The van der Waals surface area contributed by atoms with Crippen LogP contribution in [-0.4, -0.2) is 24.8 Å². The first-order valence-electron chi connectivity index (χ1n) is 7.50. The normalized spacial score (nSPS) is 11.0. The fraction of sp³-hybridized carbons (Fsp3) is 0.167. The van der Waals surface area contributed by atoms with Gasteiger partial charge in [-0.15, -0.1) is 0 Å². The summed E-state index contributed by atoms with van der Waals surface area (Å²) in [5.41, 5.74) is 3.18. The minimum absolute atomic E-state index is 0.0443. The first-order chi connectivity index (χ1) is 12.5. The molecule has 0 unspecified atom stereocenters. The van der Waals surface area contributed by atoms with E-state index >= 15 is 0 Å². The first-order valence-corrected chi connectivity index (χ1v) is 7.50. The van der Waals surface area contributed by atoms with E-state index in [2.05, 4.69) is 15.3 Å².